The molecule has 0 aliphatic rings. The summed E-state index contributed by atoms with van der Waals surface area (Å²) in [5.74, 6) is -0.715. The van der Waals surface area contributed by atoms with Crippen LogP contribution in [0.25, 0.3) is 22.0 Å². The van der Waals surface area contributed by atoms with E-state index in [9.17, 15) is 19.2 Å². The fourth-order valence-corrected chi connectivity index (χ4v) is 3.38. The van der Waals surface area contributed by atoms with E-state index in [2.05, 4.69) is 10.3 Å². The molecule has 0 fully saturated rings. The molecule has 0 atom stereocenters. The van der Waals surface area contributed by atoms with E-state index in [-0.39, 0.29) is 22.3 Å². The Labute approximate surface area is 169 Å². The van der Waals surface area contributed by atoms with Gasteiger partial charge in [0.2, 0.25) is 0 Å². The highest BCUT2D eigenvalue weighted by Gasteiger charge is 2.21. The summed E-state index contributed by atoms with van der Waals surface area (Å²) >= 11 is 0. The summed E-state index contributed by atoms with van der Waals surface area (Å²) in [4.78, 5) is 54.6. The Balaban J connectivity index is 1.93. The molecule has 0 aliphatic carbocycles. The normalized spacial score (nSPS) is 11.2. The zero-order valence-corrected chi connectivity index (χ0v) is 16.6. The van der Waals surface area contributed by atoms with Crippen LogP contribution in [-0.4, -0.2) is 20.0 Å². The predicted octanol–water partition coefficient (Wildman–Crippen LogP) is 1.55. The first kappa shape index (κ1) is 19.3. The number of hydrogen-bond donors (Lipinski definition) is 1. The van der Waals surface area contributed by atoms with E-state index < -0.39 is 22.8 Å². The number of nitrogens with one attached hydrogen (secondary N) is 1. The van der Waals surface area contributed by atoms with E-state index in [0.717, 1.165) is 4.57 Å². The number of pyridine rings is 1. The van der Waals surface area contributed by atoms with E-state index >= 15 is 0 Å². The van der Waals surface area contributed by atoms with Crippen LogP contribution in [0, 0.1) is 0 Å². The van der Waals surface area contributed by atoms with Crippen molar-refractivity contribution < 1.29 is 9.21 Å². The van der Waals surface area contributed by atoms with Gasteiger partial charge in [0.1, 0.15) is 16.5 Å². The molecule has 0 saturated heterocycles. The van der Waals surface area contributed by atoms with Crippen LogP contribution in [0.4, 0.5) is 5.69 Å². The number of rotatable bonds is 3. The highest BCUT2D eigenvalue weighted by molar-refractivity contribution is 6.09. The molecule has 30 heavy (non-hydrogen) atoms. The van der Waals surface area contributed by atoms with Crippen molar-refractivity contribution >= 4 is 33.6 Å². The molecule has 0 bridgehead atoms. The van der Waals surface area contributed by atoms with Crippen molar-refractivity contribution in [1.29, 1.82) is 0 Å². The van der Waals surface area contributed by atoms with Crippen molar-refractivity contribution in [2.24, 2.45) is 14.1 Å². The van der Waals surface area contributed by atoms with E-state index in [1.54, 1.807) is 24.3 Å². The third kappa shape index (κ3) is 2.91. The number of benzene rings is 1. The molecule has 0 unspecified atom stereocenters. The summed E-state index contributed by atoms with van der Waals surface area (Å²) < 4.78 is 7.41. The molecule has 0 spiro atoms. The van der Waals surface area contributed by atoms with Gasteiger partial charge in [0.15, 0.2) is 5.65 Å². The predicted molar refractivity (Wildman–Crippen MR) is 112 cm³/mol. The van der Waals surface area contributed by atoms with Gasteiger partial charge in [0, 0.05) is 25.7 Å². The maximum Gasteiger partial charge on any atom is 0.349 e. The Bertz CT molecular complexity index is 1510. The SMILES string of the molecule is CCc1cnc2c(c1NC(=O)c1cc3ccccc3oc1=O)c(=O)n(C)c(=O)n2C. The molecule has 152 valence electrons. The van der Waals surface area contributed by atoms with Gasteiger partial charge in [-0.15, -0.1) is 0 Å². The first-order chi connectivity index (χ1) is 14.3. The van der Waals surface area contributed by atoms with Gasteiger partial charge in [-0.05, 0) is 24.1 Å². The second kappa shape index (κ2) is 7.11. The minimum Gasteiger partial charge on any atom is -0.422 e. The number of fused-ring (bicyclic) bond motifs is 2. The fourth-order valence-electron chi connectivity index (χ4n) is 3.38. The lowest BCUT2D eigenvalue weighted by molar-refractivity contribution is 0.102. The average Bonchev–Trinajstić information content (AvgIpc) is 2.75. The smallest absolute Gasteiger partial charge is 0.349 e. The highest BCUT2D eigenvalue weighted by atomic mass is 16.4. The third-order valence-corrected chi connectivity index (χ3v) is 5.05. The van der Waals surface area contributed by atoms with E-state index in [0.29, 0.717) is 23.0 Å². The molecule has 4 rings (SSSR count). The Morgan fingerprint density at radius 2 is 1.87 bits per heavy atom. The van der Waals surface area contributed by atoms with Crippen LogP contribution in [0.2, 0.25) is 0 Å². The molecular weight excluding hydrogens is 388 g/mol. The molecule has 9 nitrogen and oxygen atoms in total. The van der Waals surface area contributed by atoms with Crippen molar-refractivity contribution in [2.75, 3.05) is 5.32 Å². The molecule has 1 aromatic carbocycles. The summed E-state index contributed by atoms with van der Waals surface area (Å²) in [5.41, 5.74) is -0.778. The maximum atomic E-state index is 13.0. The Morgan fingerprint density at radius 1 is 1.13 bits per heavy atom. The summed E-state index contributed by atoms with van der Waals surface area (Å²) in [6.45, 7) is 1.84. The minimum absolute atomic E-state index is 0.0949. The number of aryl methyl sites for hydroxylation is 2. The summed E-state index contributed by atoms with van der Waals surface area (Å²) in [7, 11) is 2.85. The van der Waals surface area contributed by atoms with Crippen LogP contribution in [-0.2, 0) is 20.5 Å². The number of para-hydroxylation sites is 1. The minimum atomic E-state index is -0.789. The largest absolute Gasteiger partial charge is 0.422 e. The number of hydrogen-bond acceptors (Lipinski definition) is 6. The molecular formula is C21H18N4O5. The van der Waals surface area contributed by atoms with Gasteiger partial charge in [0.05, 0.1) is 5.69 Å². The molecule has 1 N–H and O–H groups in total. The topological polar surface area (TPSA) is 116 Å². The zero-order chi connectivity index (χ0) is 21.6. The third-order valence-electron chi connectivity index (χ3n) is 5.05. The Hall–Kier alpha value is -4.01. The number of aromatic nitrogens is 3. The molecule has 4 aromatic rings. The van der Waals surface area contributed by atoms with Crippen molar-refractivity contribution in [3.8, 4) is 0 Å². The lowest BCUT2D eigenvalue weighted by Crippen LogP contribution is -2.38. The number of anilines is 1. The summed E-state index contributed by atoms with van der Waals surface area (Å²) in [6, 6.07) is 8.29. The fraction of sp³-hybridized carbons (Fsp3) is 0.190. The second-order valence-corrected chi connectivity index (χ2v) is 6.86. The monoisotopic (exact) mass is 406 g/mol. The first-order valence-corrected chi connectivity index (χ1v) is 9.25. The highest BCUT2D eigenvalue weighted by Crippen LogP contribution is 2.24. The van der Waals surface area contributed by atoms with E-state index in [4.69, 9.17) is 4.42 Å². The molecule has 1 amide bonds. The Kier molecular flexibility index (Phi) is 4.57. The molecule has 9 heteroatoms. The molecule has 3 heterocycles. The van der Waals surface area contributed by atoms with Crippen molar-refractivity contribution in [1.82, 2.24) is 14.1 Å². The zero-order valence-electron chi connectivity index (χ0n) is 16.6. The van der Waals surface area contributed by atoms with Crippen LogP contribution in [0.5, 0.6) is 0 Å². The van der Waals surface area contributed by atoms with Crippen LogP contribution in [0.3, 0.4) is 0 Å². The molecule has 0 aliphatic heterocycles. The van der Waals surface area contributed by atoms with Gasteiger partial charge < -0.3 is 9.73 Å². The van der Waals surface area contributed by atoms with Gasteiger partial charge in [-0.1, -0.05) is 25.1 Å². The van der Waals surface area contributed by atoms with Crippen LogP contribution in [0.1, 0.15) is 22.8 Å². The van der Waals surface area contributed by atoms with Gasteiger partial charge in [0.25, 0.3) is 11.5 Å². The van der Waals surface area contributed by atoms with Crippen LogP contribution < -0.4 is 22.2 Å². The standard InChI is InChI=1S/C21H18N4O5/c1-4-11-10-22-17-15(19(27)25(3)21(29)24(17)2)16(11)23-18(26)13-9-12-7-5-6-8-14(12)30-20(13)28/h5-10H,4H2,1-3H3,(H,22,23,26). The van der Waals surface area contributed by atoms with Gasteiger partial charge in [-0.3, -0.25) is 18.7 Å². The van der Waals surface area contributed by atoms with Crippen molar-refractivity contribution in [3.63, 3.8) is 0 Å². The van der Waals surface area contributed by atoms with Crippen molar-refractivity contribution in [2.45, 2.75) is 13.3 Å². The van der Waals surface area contributed by atoms with Crippen LogP contribution >= 0.6 is 0 Å². The van der Waals surface area contributed by atoms with Crippen LogP contribution in [0.15, 0.2) is 55.3 Å². The maximum absolute atomic E-state index is 13.0. The van der Waals surface area contributed by atoms with Gasteiger partial charge >= 0.3 is 11.3 Å². The number of nitrogens with zero attached hydrogens (tertiary/aromatic N) is 3. The molecule has 0 radical (unpaired) electrons. The quantitative estimate of drug-likeness (QED) is 0.516. The number of carbonyl (C=O) groups is 1. The second-order valence-electron chi connectivity index (χ2n) is 6.86. The van der Waals surface area contributed by atoms with Gasteiger partial charge in [-0.2, -0.15) is 0 Å². The average molecular weight is 406 g/mol. The van der Waals surface area contributed by atoms with E-state index in [1.165, 1.54) is 30.9 Å². The lowest BCUT2D eigenvalue weighted by Gasteiger charge is -2.14. The number of carbonyl (C=O) groups excluding carboxylic acids is 1. The summed E-state index contributed by atoms with van der Waals surface area (Å²) in [6.07, 6.45) is 1.97. The Morgan fingerprint density at radius 3 is 2.60 bits per heavy atom. The molecule has 3 aromatic heterocycles. The lowest BCUT2D eigenvalue weighted by atomic mass is 10.1. The first-order valence-electron chi connectivity index (χ1n) is 9.25. The van der Waals surface area contributed by atoms with Gasteiger partial charge in [-0.25, -0.2) is 14.6 Å². The van der Waals surface area contributed by atoms with E-state index in [1.807, 2.05) is 6.92 Å². The number of amides is 1. The summed E-state index contributed by atoms with van der Waals surface area (Å²) in [5, 5.41) is 3.36. The van der Waals surface area contributed by atoms with Crippen molar-refractivity contribution in [3.05, 3.63) is 78.9 Å². The molecule has 0 saturated carbocycles.